The monoisotopic (exact) mass is 216 g/mol. The molecule has 1 unspecified atom stereocenters. The zero-order valence-corrected chi connectivity index (χ0v) is 8.62. The first-order valence-electron chi connectivity index (χ1n) is 4.90. The molecule has 86 valence electrons. The van der Waals surface area contributed by atoms with E-state index in [0.29, 0.717) is 0 Å². The maximum absolute atomic E-state index is 11.3. The molecule has 1 aliphatic rings. The van der Waals surface area contributed by atoms with Gasteiger partial charge in [0.15, 0.2) is 6.10 Å². The number of aliphatic hydroxyl groups excluding tert-OH is 1. The fraction of sp³-hybridized carbons (Fsp3) is 0.778. The summed E-state index contributed by atoms with van der Waals surface area (Å²) in [5, 5.41) is 22.3. The van der Waals surface area contributed by atoms with E-state index in [1.165, 1.54) is 0 Å². The molecule has 6 heteroatoms. The third kappa shape index (κ3) is 3.39. The lowest BCUT2D eigenvalue weighted by molar-refractivity contribution is -0.146. The zero-order chi connectivity index (χ0) is 11.5. The summed E-state index contributed by atoms with van der Waals surface area (Å²) < 4.78 is 0. The van der Waals surface area contributed by atoms with Gasteiger partial charge in [0.1, 0.15) is 0 Å². The SMILES string of the molecule is CC1(NC(=O)NCC(O)C(=O)O)CCC1. The smallest absolute Gasteiger partial charge is 0.334 e. The fourth-order valence-corrected chi connectivity index (χ4v) is 1.43. The molecule has 0 spiro atoms. The van der Waals surface area contributed by atoms with Crippen LogP contribution in [0.15, 0.2) is 0 Å². The van der Waals surface area contributed by atoms with Gasteiger partial charge < -0.3 is 20.8 Å². The molecule has 1 aliphatic carbocycles. The molecule has 1 fully saturated rings. The van der Waals surface area contributed by atoms with Gasteiger partial charge in [-0.2, -0.15) is 0 Å². The number of aliphatic carboxylic acids is 1. The van der Waals surface area contributed by atoms with E-state index < -0.39 is 18.1 Å². The summed E-state index contributed by atoms with van der Waals surface area (Å²) in [4.78, 5) is 21.5. The van der Waals surface area contributed by atoms with Crippen molar-refractivity contribution < 1.29 is 19.8 Å². The lowest BCUT2D eigenvalue weighted by atomic mass is 9.79. The zero-order valence-electron chi connectivity index (χ0n) is 8.62. The van der Waals surface area contributed by atoms with Gasteiger partial charge in [0.05, 0.1) is 6.54 Å². The standard InChI is InChI=1S/C9H16N2O4/c1-9(3-2-4-9)11-8(15)10-5-6(12)7(13)14/h6,12H,2-5H2,1H3,(H,13,14)(H2,10,11,15). The van der Waals surface area contributed by atoms with E-state index in [1.807, 2.05) is 6.92 Å². The predicted molar refractivity (Wildman–Crippen MR) is 52.4 cm³/mol. The maximum atomic E-state index is 11.3. The van der Waals surface area contributed by atoms with Crippen LogP contribution in [0.25, 0.3) is 0 Å². The number of carbonyl (C=O) groups is 2. The Balaban J connectivity index is 2.21. The van der Waals surface area contributed by atoms with E-state index in [-0.39, 0.29) is 12.1 Å². The summed E-state index contributed by atoms with van der Waals surface area (Å²) in [5.74, 6) is -1.34. The normalized spacial score (nSPS) is 19.9. The molecule has 0 saturated heterocycles. The number of carboxylic acids is 1. The van der Waals surface area contributed by atoms with Gasteiger partial charge in [0.2, 0.25) is 0 Å². The summed E-state index contributed by atoms with van der Waals surface area (Å²) in [7, 11) is 0. The summed E-state index contributed by atoms with van der Waals surface area (Å²) >= 11 is 0. The Kier molecular flexibility index (Phi) is 3.52. The van der Waals surface area contributed by atoms with Gasteiger partial charge in [-0.25, -0.2) is 9.59 Å². The largest absolute Gasteiger partial charge is 0.479 e. The van der Waals surface area contributed by atoms with Crippen LogP contribution in [0.4, 0.5) is 4.79 Å². The number of hydrogen-bond acceptors (Lipinski definition) is 3. The second kappa shape index (κ2) is 4.48. The molecule has 0 radical (unpaired) electrons. The summed E-state index contributed by atoms with van der Waals surface area (Å²) in [6, 6.07) is -0.433. The van der Waals surface area contributed by atoms with Crippen LogP contribution in [0, 0.1) is 0 Å². The Hall–Kier alpha value is -1.30. The van der Waals surface area contributed by atoms with Crippen LogP contribution in [0.2, 0.25) is 0 Å². The minimum atomic E-state index is -1.55. The van der Waals surface area contributed by atoms with E-state index in [9.17, 15) is 9.59 Å². The van der Waals surface area contributed by atoms with Crippen molar-refractivity contribution in [1.29, 1.82) is 0 Å². The van der Waals surface area contributed by atoms with Gasteiger partial charge in [-0.3, -0.25) is 0 Å². The Morgan fingerprint density at radius 1 is 1.47 bits per heavy atom. The number of nitrogens with one attached hydrogen (secondary N) is 2. The van der Waals surface area contributed by atoms with Gasteiger partial charge in [-0.15, -0.1) is 0 Å². The van der Waals surface area contributed by atoms with Crippen LogP contribution in [-0.2, 0) is 4.79 Å². The molecule has 0 aromatic rings. The van der Waals surface area contributed by atoms with Crippen LogP contribution in [0.5, 0.6) is 0 Å². The molecule has 0 heterocycles. The number of amides is 2. The molecule has 4 N–H and O–H groups in total. The molecular formula is C9H16N2O4. The molecule has 0 aliphatic heterocycles. The minimum absolute atomic E-state index is 0.168. The average Bonchev–Trinajstić information content (AvgIpc) is 2.11. The first kappa shape index (κ1) is 11.8. The minimum Gasteiger partial charge on any atom is -0.479 e. The van der Waals surface area contributed by atoms with Crippen molar-refractivity contribution in [3.63, 3.8) is 0 Å². The maximum Gasteiger partial charge on any atom is 0.334 e. The molecule has 1 rings (SSSR count). The third-order valence-corrected chi connectivity index (χ3v) is 2.61. The van der Waals surface area contributed by atoms with Crippen molar-refractivity contribution in [3.8, 4) is 0 Å². The average molecular weight is 216 g/mol. The van der Waals surface area contributed by atoms with Crippen LogP contribution < -0.4 is 10.6 Å². The number of carboxylic acid groups (broad SMARTS) is 1. The Bertz CT molecular complexity index is 263. The summed E-state index contributed by atoms with van der Waals surface area (Å²) in [5.41, 5.74) is -0.168. The molecule has 2 amide bonds. The molecule has 0 bridgehead atoms. The van der Waals surface area contributed by atoms with Gasteiger partial charge >= 0.3 is 12.0 Å². The highest BCUT2D eigenvalue weighted by Gasteiger charge is 2.33. The third-order valence-electron chi connectivity index (χ3n) is 2.61. The van der Waals surface area contributed by atoms with Crippen molar-refractivity contribution >= 4 is 12.0 Å². The summed E-state index contributed by atoms with van der Waals surface area (Å²) in [6.07, 6.45) is 1.41. The Morgan fingerprint density at radius 2 is 2.07 bits per heavy atom. The molecule has 1 atom stereocenters. The Morgan fingerprint density at radius 3 is 2.47 bits per heavy atom. The van der Waals surface area contributed by atoms with Crippen LogP contribution in [0.3, 0.4) is 0 Å². The number of urea groups is 1. The first-order valence-corrected chi connectivity index (χ1v) is 4.90. The Labute approximate surface area is 87.7 Å². The van der Waals surface area contributed by atoms with Crippen molar-refractivity contribution in [2.75, 3.05) is 6.54 Å². The highest BCUT2D eigenvalue weighted by atomic mass is 16.4. The summed E-state index contributed by atoms with van der Waals surface area (Å²) in [6.45, 7) is 1.65. The molecule has 15 heavy (non-hydrogen) atoms. The van der Waals surface area contributed by atoms with E-state index in [1.54, 1.807) is 0 Å². The second-order valence-corrected chi connectivity index (χ2v) is 4.10. The van der Waals surface area contributed by atoms with Crippen molar-refractivity contribution in [2.24, 2.45) is 0 Å². The van der Waals surface area contributed by atoms with Gasteiger partial charge in [-0.1, -0.05) is 0 Å². The quantitative estimate of drug-likeness (QED) is 0.517. The van der Waals surface area contributed by atoms with Gasteiger partial charge in [0, 0.05) is 5.54 Å². The first-order chi connectivity index (χ1) is 6.93. The number of aliphatic hydroxyl groups is 1. The van der Waals surface area contributed by atoms with Crippen LogP contribution in [0.1, 0.15) is 26.2 Å². The van der Waals surface area contributed by atoms with Crippen molar-refractivity contribution in [1.82, 2.24) is 10.6 Å². The highest BCUT2D eigenvalue weighted by Crippen LogP contribution is 2.30. The van der Waals surface area contributed by atoms with E-state index in [0.717, 1.165) is 19.3 Å². The highest BCUT2D eigenvalue weighted by molar-refractivity contribution is 5.77. The van der Waals surface area contributed by atoms with Crippen LogP contribution >= 0.6 is 0 Å². The van der Waals surface area contributed by atoms with Crippen molar-refractivity contribution in [3.05, 3.63) is 0 Å². The van der Waals surface area contributed by atoms with Gasteiger partial charge in [0.25, 0.3) is 0 Å². The molecule has 0 aromatic heterocycles. The number of hydrogen-bond donors (Lipinski definition) is 4. The predicted octanol–water partition coefficient (Wildman–Crippen LogP) is -0.326. The van der Waals surface area contributed by atoms with Gasteiger partial charge in [-0.05, 0) is 26.2 Å². The van der Waals surface area contributed by atoms with E-state index in [4.69, 9.17) is 10.2 Å². The topological polar surface area (TPSA) is 98.7 Å². The lowest BCUT2D eigenvalue weighted by Gasteiger charge is -2.39. The molecule has 6 nitrogen and oxygen atoms in total. The van der Waals surface area contributed by atoms with E-state index >= 15 is 0 Å². The lowest BCUT2D eigenvalue weighted by Crippen LogP contribution is -2.55. The number of rotatable bonds is 4. The van der Waals surface area contributed by atoms with E-state index in [2.05, 4.69) is 10.6 Å². The molecule has 1 saturated carbocycles. The van der Waals surface area contributed by atoms with Crippen LogP contribution in [-0.4, -0.2) is 40.4 Å². The molecule has 0 aromatic carbocycles. The van der Waals surface area contributed by atoms with Crippen molar-refractivity contribution in [2.45, 2.75) is 37.8 Å². The molecular weight excluding hydrogens is 200 g/mol. The number of carbonyl (C=O) groups excluding carboxylic acids is 1. The fourth-order valence-electron chi connectivity index (χ4n) is 1.43. The second-order valence-electron chi connectivity index (χ2n) is 4.10.